The summed E-state index contributed by atoms with van der Waals surface area (Å²) in [4.78, 5) is 18.2. The Bertz CT molecular complexity index is 417. The lowest BCUT2D eigenvalue weighted by Gasteiger charge is -2.26. The molecular weight excluding hydrogens is 242 g/mol. The van der Waals surface area contributed by atoms with Gasteiger partial charge in [-0.3, -0.25) is 9.78 Å². The molecule has 0 saturated carbocycles. The van der Waals surface area contributed by atoms with E-state index in [4.69, 9.17) is 4.74 Å². The summed E-state index contributed by atoms with van der Waals surface area (Å²) in [6.07, 6.45) is 0.534. The number of hydrogen-bond acceptors (Lipinski definition) is 4. The molecule has 2 heterocycles. The lowest BCUT2D eigenvalue weighted by Crippen LogP contribution is -2.41. The summed E-state index contributed by atoms with van der Waals surface area (Å²) in [6.45, 7) is 6.13. The second-order valence-corrected chi connectivity index (χ2v) is 4.69. The molecule has 0 aliphatic carbocycles. The number of hydrogen-bond donors (Lipinski definition) is 1. The van der Waals surface area contributed by atoms with Gasteiger partial charge >= 0.3 is 0 Å². The fourth-order valence-electron chi connectivity index (χ4n) is 2.08. The Hall–Kier alpha value is -1.46. The molecule has 5 nitrogen and oxygen atoms in total. The molecular formula is C14H21N3O2. The van der Waals surface area contributed by atoms with Crippen LogP contribution < -0.4 is 5.32 Å². The Morgan fingerprint density at radius 3 is 2.95 bits per heavy atom. The highest BCUT2D eigenvalue weighted by atomic mass is 16.5. The minimum Gasteiger partial charge on any atom is -0.378 e. The molecule has 0 bridgehead atoms. The molecule has 0 spiro atoms. The zero-order valence-corrected chi connectivity index (χ0v) is 11.4. The Kier molecular flexibility index (Phi) is 5.30. The number of morpholine rings is 1. The molecule has 104 valence electrons. The number of aryl methyl sites for hydroxylation is 1. The summed E-state index contributed by atoms with van der Waals surface area (Å²) in [5, 5.41) is 3.26. The van der Waals surface area contributed by atoms with Gasteiger partial charge in [0, 0.05) is 38.3 Å². The zero-order valence-electron chi connectivity index (χ0n) is 11.4. The van der Waals surface area contributed by atoms with Crippen molar-refractivity contribution in [2.45, 2.75) is 19.9 Å². The van der Waals surface area contributed by atoms with Crippen LogP contribution in [0.4, 0.5) is 0 Å². The second-order valence-electron chi connectivity index (χ2n) is 4.69. The molecule has 19 heavy (non-hydrogen) atoms. The summed E-state index contributed by atoms with van der Waals surface area (Å²) in [6, 6.07) is 5.97. The van der Waals surface area contributed by atoms with Crippen LogP contribution >= 0.6 is 0 Å². The fraction of sp³-hybridized carbons (Fsp3) is 0.571. The normalized spacial score (nSPS) is 15.5. The average molecular weight is 263 g/mol. The van der Waals surface area contributed by atoms with Gasteiger partial charge in [0.05, 0.1) is 18.9 Å². The van der Waals surface area contributed by atoms with E-state index in [1.165, 1.54) is 0 Å². The van der Waals surface area contributed by atoms with Crippen LogP contribution in [0.3, 0.4) is 0 Å². The highest BCUT2D eigenvalue weighted by Crippen LogP contribution is 2.00. The topological polar surface area (TPSA) is 54.5 Å². The SMILES string of the molecule is Cc1cccc(CNCCC(=O)N2CCOCC2)n1. The van der Waals surface area contributed by atoms with E-state index in [9.17, 15) is 4.79 Å². The third-order valence-electron chi connectivity index (χ3n) is 3.13. The highest BCUT2D eigenvalue weighted by Gasteiger charge is 2.15. The zero-order chi connectivity index (χ0) is 13.5. The first-order valence-corrected chi connectivity index (χ1v) is 6.74. The number of nitrogens with zero attached hydrogens (tertiary/aromatic N) is 2. The van der Waals surface area contributed by atoms with Crippen molar-refractivity contribution >= 4 is 5.91 Å². The van der Waals surface area contributed by atoms with Crippen molar-refractivity contribution in [3.05, 3.63) is 29.6 Å². The Labute approximate surface area is 114 Å². The summed E-state index contributed by atoms with van der Waals surface area (Å²) in [5.41, 5.74) is 2.03. The molecule has 1 aliphatic rings. The van der Waals surface area contributed by atoms with Crippen LogP contribution in [0.2, 0.25) is 0 Å². The first-order chi connectivity index (χ1) is 9.25. The van der Waals surface area contributed by atoms with Gasteiger partial charge in [-0.2, -0.15) is 0 Å². The van der Waals surface area contributed by atoms with E-state index in [1.807, 2.05) is 30.0 Å². The Morgan fingerprint density at radius 2 is 2.21 bits per heavy atom. The van der Waals surface area contributed by atoms with Crippen LogP contribution in [-0.4, -0.2) is 48.6 Å². The van der Waals surface area contributed by atoms with Crippen molar-refractivity contribution in [1.29, 1.82) is 0 Å². The molecule has 1 aromatic rings. The minimum absolute atomic E-state index is 0.202. The summed E-state index contributed by atoms with van der Waals surface area (Å²) >= 11 is 0. The van der Waals surface area contributed by atoms with Crippen LogP contribution in [0.5, 0.6) is 0 Å². The van der Waals surface area contributed by atoms with E-state index >= 15 is 0 Å². The van der Waals surface area contributed by atoms with Crippen LogP contribution in [0.15, 0.2) is 18.2 Å². The smallest absolute Gasteiger partial charge is 0.224 e. The van der Waals surface area contributed by atoms with E-state index in [2.05, 4.69) is 10.3 Å². The van der Waals surface area contributed by atoms with Crippen LogP contribution in [0, 0.1) is 6.92 Å². The minimum atomic E-state index is 0.202. The first-order valence-electron chi connectivity index (χ1n) is 6.74. The molecule has 1 aliphatic heterocycles. The molecule has 1 fully saturated rings. The van der Waals surface area contributed by atoms with Gasteiger partial charge in [0.25, 0.3) is 0 Å². The Balaban J connectivity index is 1.65. The number of aromatic nitrogens is 1. The van der Waals surface area contributed by atoms with Gasteiger partial charge in [0.2, 0.25) is 5.91 Å². The van der Waals surface area contributed by atoms with E-state index in [1.54, 1.807) is 0 Å². The molecule has 0 atom stereocenters. The van der Waals surface area contributed by atoms with Crippen molar-refractivity contribution in [2.75, 3.05) is 32.8 Å². The predicted octanol–water partition coefficient (Wildman–Crippen LogP) is 0.729. The maximum Gasteiger partial charge on any atom is 0.224 e. The molecule has 5 heteroatoms. The summed E-state index contributed by atoms with van der Waals surface area (Å²) in [5.74, 6) is 0.202. The van der Waals surface area contributed by atoms with Crippen molar-refractivity contribution < 1.29 is 9.53 Å². The molecule has 0 radical (unpaired) electrons. The Morgan fingerprint density at radius 1 is 1.42 bits per heavy atom. The van der Waals surface area contributed by atoms with Crippen molar-refractivity contribution in [3.8, 4) is 0 Å². The average Bonchev–Trinajstić information content (AvgIpc) is 2.44. The molecule has 1 aromatic heterocycles. The van der Waals surface area contributed by atoms with E-state index in [0.29, 0.717) is 32.7 Å². The standard InChI is InChI=1S/C14H21N3O2/c1-12-3-2-4-13(16-12)11-15-6-5-14(18)17-7-9-19-10-8-17/h2-4,15H,5-11H2,1H3. The van der Waals surface area contributed by atoms with Gasteiger partial charge in [-0.15, -0.1) is 0 Å². The number of amides is 1. The van der Waals surface area contributed by atoms with Crippen LogP contribution in [-0.2, 0) is 16.1 Å². The third kappa shape index (κ3) is 4.61. The van der Waals surface area contributed by atoms with Crippen LogP contribution in [0.25, 0.3) is 0 Å². The molecule has 0 aromatic carbocycles. The third-order valence-corrected chi connectivity index (χ3v) is 3.13. The first kappa shape index (κ1) is 14.0. The highest BCUT2D eigenvalue weighted by molar-refractivity contribution is 5.76. The van der Waals surface area contributed by atoms with E-state index in [-0.39, 0.29) is 5.91 Å². The van der Waals surface area contributed by atoms with Gasteiger partial charge in [-0.05, 0) is 19.1 Å². The number of nitrogens with one attached hydrogen (secondary N) is 1. The molecule has 0 unspecified atom stereocenters. The summed E-state index contributed by atoms with van der Waals surface area (Å²) < 4.78 is 5.23. The van der Waals surface area contributed by atoms with E-state index < -0.39 is 0 Å². The maximum atomic E-state index is 11.9. The molecule has 1 N–H and O–H groups in total. The number of carbonyl (C=O) groups excluding carboxylic acids is 1. The molecule has 2 rings (SSSR count). The van der Waals surface area contributed by atoms with Crippen LogP contribution in [0.1, 0.15) is 17.8 Å². The van der Waals surface area contributed by atoms with Crippen molar-refractivity contribution in [2.24, 2.45) is 0 Å². The lowest BCUT2D eigenvalue weighted by molar-refractivity contribution is -0.135. The maximum absolute atomic E-state index is 11.9. The van der Waals surface area contributed by atoms with Gasteiger partial charge in [-0.25, -0.2) is 0 Å². The number of rotatable bonds is 5. The monoisotopic (exact) mass is 263 g/mol. The quantitative estimate of drug-likeness (QED) is 0.796. The summed E-state index contributed by atoms with van der Waals surface area (Å²) in [7, 11) is 0. The van der Waals surface area contributed by atoms with Gasteiger partial charge in [0.1, 0.15) is 0 Å². The number of carbonyl (C=O) groups is 1. The number of ether oxygens (including phenoxy) is 1. The fourth-order valence-corrected chi connectivity index (χ4v) is 2.08. The van der Waals surface area contributed by atoms with Crippen molar-refractivity contribution in [3.63, 3.8) is 0 Å². The van der Waals surface area contributed by atoms with Gasteiger partial charge in [-0.1, -0.05) is 6.07 Å². The van der Waals surface area contributed by atoms with E-state index in [0.717, 1.165) is 24.5 Å². The predicted molar refractivity (Wildman–Crippen MR) is 72.7 cm³/mol. The lowest BCUT2D eigenvalue weighted by atomic mass is 10.3. The number of pyridine rings is 1. The van der Waals surface area contributed by atoms with Crippen molar-refractivity contribution in [1.82, 2.24) is 15.2 Å². The molecule has 1 saturated heterocycles. The second kappa shape index (κ2) is 7.21. The largest absolute Gasteiger partial charge is 0.378 e. The van der Waals surface area contributed by atoms with Gasteiger partial charge in [0.15, 0.2) is 0 Å². The van der Waals surface area contributed by atoms with Gasteiger partial charge < -0.3 is 15.0 Å². The molecule has 1 amide bonds.